The van der Waals surface area contributed by atoms with Gasteiger partial charge >= 0.3 is 6.03 Å². The van der Waals surface area contributed by atoms with Gasteiger partial charge in [-0.3, -0.25) is 0 Å². The summed E-state index contributed by atoms with van der Waals surface area (Å²) in [6.07, 6.45) is 11.5. The van der Waals surface area contributed by atoms with Crippen molar-refractivity contribution in [3.63, 3.8) is 0 Å². The van der Waals surface area contributed by atoms with Gasteiger partial charge in [0.15, 0.2) is 0 Å². The molecule has 5 rings (SSSR count). The Morgan fingerprint density at radius 2 is 1.68 bits per heavy atom. The van der Waals surface area contributed by atoms with E-state index in [1.807, 2.05) is 0 Å². The second-order valence-electron chi connectivity index (χ2n) is 8.79. The molecule has 5 fully saturated rings. The van der Waals surface area contributed by atoms with Crippen LogP contribution >= 0.6 is 0 Å². The summed E-state index contributed by atoms with van der Waals surface area (Å²) in [5.74, 6) is 2.62. The summed E-state index contributed by atoms with van der Waals surface area (Å²) in [5.41, 5.74) is 0.320. The van der Waals surface area contributed by atoms with Crippen molar-refractivity contribution in [3.05, 3.63) is 0 Å². The molecule has 0 aromatic carbocycles. The molecule has 4 bridgehead atoms. The zero-order valence-electron chi connectivity index (χ0n) is 13.8. The summed E-state index contributed by atoms with van der Waals surface area (Å²) in [6.45, 7) is 1.53. The normalized spacial score (nSPS) is 41.0. The Hall–Kier alpha value is -0.770. The van der Waals surface area contributed by atoms with E-state index in [2.05, 4.69) is 10.6 Å². The quantitative estimate of drug-likeness (QED) is 0.820. The summed E-state index contributed by atoms with van der Waals surface area (Å²) in [4.78, 5) is 12.5. The number of hydrogen-bond donors (Lipinski definition) is 2. The lowest BCUT2D eigenvalue weighted by Crippen LogP contribution is -2.62. The molecular formula is C18H30N2O2. The second-order valence-corrected chi connectivity index (χ2v) is 8.79. The van der Waals surface area contributed by atoms with E-state index in [1.165, 1.54) is 57.8 Å². The third-order valence-electron chi connectivity index (χ3n) is 6.91. The van der Waals surface area contributed by atoms with E-state index in [9.17, 15) is 4.79 Å². The third-order valence-corrected chi connectivity index (χ3v) is 6.91. The van der Waals surface area contributed by atoms with Crippen LogP contribution in [0, 0.1) is 23.2 Å². The maximum atomic E-state index is 12.5. The first-order valence-electron chi connectivity index (χ1n) is 9.15. The molecule has 2 N–H and O–H groups in total. The van der Waals surface area contributed by atoms with Crippen molar-refractivity contribution in [1.29, 1.82) is 0 Å². The van der Waals surface area contributed by atoms with Crippen molar-refractivity contribution in [2.75, 3.05) is 20.3 Å². The van der Waals surface area contributed by atoms with Gasteiger partial charge in [-0.2, -0.15) is 0 Å². The smallest absolute Gasteiger partial charge is 0.315 e. The Balaban J connectivity index is 1.32. The Morgan fingerprint density at radius 1 is 1.09 bits per heavy atom. The summed E-state index contributed by atoms with van der Waals surface area (Å²) in [5, 5.41) is 6.55. The highest BCUT2D eigenvalue weighted by Gasteiger charge is 2.51. The summed E-state index contributed by atoms with van der Waals surface area (Å²) in [7, 11) is 1.76. The van der Waals surface area contributed by atoms with Crippen LogP contribution in [0.15, 0.2) is 0 Å². The maximum Gasteiger partial charge on any atom is 0.315 e. The topological polar surface area (TPSA) is 50.4 Å². The lowest BCUT2D eigenvalue weighted by atomic mass is 9.53. The predicted octanol–water partition coefficient (Wildman–Crippen LogP) is 3.07. The molecule has 0 radical (unpaired) electrons. The van der Waals surface area contributed by atoms with Crippen LogP contribution in [0.4, 0.5) is 4.79 Å². The molecular weight excluding hydrogens is 276 g/mol. The van der Waals surface area contributed by atoms with Crippen molar-refractivity contribution in [2.45, 2.75) is 63.3 Å². The van der Waals surface area contributed by atoms with E-state index in [0.717, 1.165) is 30.9 Å². The minimum Gasteiger partial charge on any atom is -0.384 e. The number of urea groups is 1. The van der Waals surface area contributed by atoms with Gasteiger partial charge in [0.1, 0.15) is 0 Å². The molecule has 5 aliphatic carbocycles. The summed E-state index contributed by atoms with van der Waals surface area (Å²) in [6, 6.07) is 0.0596. The number of carbonyl (C=O) groups is 1. The zero-order chi connectivity index (χ0) is 15.2. The van der Waals surface area contributed by atoms with E-state index in [1.54, 1.807) is 7.11 Å². The van der Waals surface area contributed by atoms with Crippen molar-refractivity contribution >= 4 is 6.03 Å². The Bertz CT molecular complexity index is 409. The van der Waals surface area contributed by atoms with E-state index in [0.29, 0.717) is 0 Å². The monoisotopic (exact) mass is 306 g/mol. The van der Waals surface area contributed by atoms with Gasteiger partial charge in [0.2, 0.25) is 0 Å². The molecule has 0 aliphatic heterocycles. The van der Waals surface area contributed by atoms with Gasteiger partial charge < -0.3 is 15.4 Å². The van der Waals surface area contributed by atoms with Crippen LogP contribution < -0.4 is 10.6 Å². The van der Waals surface area contributed by atoms with E-state index >= 15 is 0 Å². The van der Waals surface area contributed by atoms with Gasteiger partial charge in [0.25, 0.3) is 0 Å². The highest BCUT2D eigenvalue weighted by atomic mass is 16.5. The first-order chi connectivity index (χ1) is 10.6. The number of amides is 2. The predicted molar refractivity (Wildman–Crippen MR) is 85.6 cm³/mol. The number of nitrogens with one attached hydrogen (secondary N) is 2. The third kappa shape index (κ3) is 2.64. The molecule has 4 nitrogen and oxygen atoms in total. The van der Waals surface area contributed by atoms with Gasteiger partial charge in [-0.1, -0.05) is 6.42 Å². The van der Waals surface area contributed by atoms with Crippen LogP contribution in [0.2, 0.25) is 0 Å². The molecule has 0 atom stereocenters. The minimum atomic E-state index is 0.0596. The highest BCUT2D eigenvalue weighted by molar-refractivity contribution is 5.75. The first kappa shape index (κ1) is 14.8. The number of methoxy groups -OCH3 is 1. The molecule has 0 aromatic heterocycles. The van der Waals surface area contributed by atoms with Crippen molar-refractivity contribution in [2.24, 2.45) is 23.2 Å². The summed E-state index contributed by atoms with van der Waals surface area (Å²) >= 11 is 0. The molecule has 0 saturated heterocycles. The molecule has 22 heavy (non-hydrogen) atoms. The number of rotatable bonds is 5. The minimum absolute atomic E-state index is 0.0596. The van der Waals surface area contributed by atoms with Gasteiger partial charge in [-0.05, 0) is 69.1 Å². The van der Waals surface area contributed by atoms with Crippen LogP contribution in [-0.2, 0) is 4.74 Å². The number of hydrogen-bond acceptors (Lipinski definition) is 2. The lowest BCUT2D eigenvalue weighted by molar-refractivity contribution is -0.0145. The van der Waals surface area contributed by atoms with Crippen molar-refractivity contribution in [1.82, 2.24) is 10.6 Å². The van der Waals surface area contributed by atoms with E-state index in [4.69, 9.17) is 4.74 Å². The molecule has 0 spiro atoms. The van der Waals surface area contributed by atoms with Gasteiger partial charge in [-0.15, -0.1) is 0 Å². The first-order valence-corrected chi connectivity index (χ1v) is 9.15. The molecule has 0 heterocycles. The molecule has 5 saturated carbocycles. The largest absolute Gasteiger partial charge is 0.384 e. The molecule has 0 unspecified atom stereocenters. The van der Waals surface area contributed by atoms with Gasteiger partial charge in [0.05, 0.1) is 6.61 Å². The molecule has 5 aliphatic rings. The van der Waals surface area contributed by atoms with Gasteiger partial charge in [0, 0.05) is 24.6 Å². The van der Waals surface area contributed by atoms with Gasteiger partial charge in [-0.25, -0.2) is 4.79 Å². The Labute approximate surface area is 133 Å². The molecule has 4 heteroatoms. The SMILES string of the molecule is COCC1(CNC(=O)NC23CC4CC(CC(C4)C2)C3)CCC1. The number of ether oxygens (including phenoxy) is 1. The van der Waals surface area contributed by atoms with E-state index in [-0.39, 0.29) is 17.0 Å². The fourth-order valence-electron chi connectivity index (χ4n) is 6.17. The fourth-order valence-corrected chi connectivity index (χ4v) is 6.17. The average Bonchev–Trinajstić information content (AvgIpc) is 2.39. The van der Waals surface area contributed by atoms with Crippen LogP contribution in [0.3, 0.4) is 0 Å². The van der Waals surface area contributed by atoms with Crippen molar-refractivity contribution < 1.29 is 9.53 Å². The molecule has 0 aromatic rings. The Kier molecular flexibility index (Phi) is 3.63. The zero-order valence-corrected chi connectivity index (χ0v) is 13.8. The van der Waals surface area contributed by atoms with Crippen LogP contribution in [0.5, 0.6) is 0 Å². The van der Waals surface area contributed by atoms with Crippen LogP contribution in [-0.4, -0.2) is 31.8 Å². The highest BCUT2D eigenvalue weighted by Crippen LogP contribution is 2.55. The number of carbonyl (C=O) groups excluding carboxylic acids is 1. The van der Waals surface area contributed by atoms with Crippen LogP contribution in [0.1, 0.15) is 57.8 Å². The fraction of sp³-hybridized carbons (Fsp3) is 0.944. The maximum absolute atomic E-state index is 12.5. The average molecular weight is 306 g/mol. The second kappa shape index (κ2) is 5.40. The van der Waals surface area contributed by atoms with Crippen molar-refractivity contribution in [3.8, 4) is 0 Å². The Morgan fingerprint density at radius 3 is 2.14 bits per heavy atom. The lowest BCUT2D eigenvalue weighted by Gasteiger charge is -2.56. The summed E-state index contributed by atoms with van der Waals surface area (Å²) < 4.78 is 5.34. The molecule has 2 amide bonds. The standard InChI is InChI=1S/C18H30N2O2/c1-22-12-17(3-2-4-17)11-19-16(21)20-18-8-13-5-14(9-18)7-15(6-13)10-18/h13-15H,2-12H2,1H3,(H2,19,20,21). The van der Waals surface area contributed by atoms with Crippen LogP contribution in [0.25, 0.3) is 0 Å². The molecule has 124 valence electrons. The van der Waals surface area contributed by atoms with E-state index < -0.39 is 0 Å².